The van der Waals surface area contributed by atoms with Crippen LogP contribution in [-0.2, 0) is 13.0 Å². The molecule has 0 aliphatic carbocycles. The summed E-state index contributed by atoms with van der Waals surface area (Å²) in [6.07, 6.45) is 7.87. The van der Waals surface area contributed by atoms with E-state index in [4.69, 9.17) is 0 Å². The minimum absolute atomic E-state index is 0.118. The fourth-order valence-electron chi connectivity index (χ4n) is 4.15. The van der Waals surface area contributed by atoms with E-state index in [1.165, 1.54) is 30.5 Å². The monoisotopic (exact) mass is 485 g/mol. The van der Waals surface area contributed by atoms with Gasteiger partial charge in [-0.05, 0) is 72.4 Å². The van der Waals surface area contributed by atoms with E-state index in [1.54, 1.807) is 6.07 Å². The maximum Gasteiger partial charge on any atom is 0.338 e. The Morgan fingerprint density at radius 2 is 1.47 bits per heavy atom. The highest BCUT2D eigenvalue weighted by Crippen LogP contribution is 2.22. The van der Waals surface area contributed by atoms with Gasteiger partial charge in [-0.3, -0.25) is 0 Å². The van der Waals surface area contributed by atoms with Gasteiger partial charge in [-0.1, -0.05) is 81.7 Å². The smallest absolute Gasteiger partial charge is 0.338 e. The summed E-state index contributed by atoms with van der Waals surface area (Å²) < 4.78 is 13.7. The molecule has 0 spiro atoms. The molecule has 4 heteroatoms. The van der Waals surface area contributed by atoms with E-state index in [9.17, 15) is 14.3 Å². The van der Waals surface area contributed by atoms with Gasteiger partial charge in [-0.15, -0.1) is 0 Å². The summed E-state index contributed by atoms with van der Waals surface area (Å²) in [4.78, 5) is 11.3. The topological polar surface area (TPSA) is 49.3 Å². The molecule has 0 aliphatic heterocycles. The molecule has 2 N–H and O–H groups in total. The van der Waals surface area contributed by atoms with Crippen LogP contribution < -0.4 is 5.32 Å². The number of aromatic carboxylic acids is 1. The predicted molar refractivity (Wildman–Crippen MR) is 145 cm³/mol. The second kappa shape index (κ2) is 14.2. The summed E-state index contributed by atoms with van der Waals surface area (Å²) in [6, 6.07) is 21.2. The Kier molecular flexibility index (Phi) is 10.7. The number of nitrogens with one attached hydrogen (secondary N) is 1. The van der Waals surface area contributed by atoms with Gasteiger partial charge in [0.15, 0.2) is 0 Å². The Morgan fingerprint density at radius 1 is 0.861 bits per heavy atom. The van der Waals surface area contributed by atoms with Crippen molar-refractivity contribution in [1.29, 1.82) is 0 Å². The molecule has 0 heterocycles. The Bertz CT molecular complexity index is 1170. The molecule has 0 saturated carbocycles. The first kappa shape index (κ1) is 27.2. The predicted octanol–water partition coefficient (Wildman–Crippen LogP) is 7.68. The summed E-state index contributed by atoms with van der Waals surface area (Å²) in [5.41, 5.74) is 4.95. The maximum absolute atomic E-state index is 13.7. The summed E-state index contributed by atoms with van der Waals surface area (Å²) >= 11 is 0. The summed E-state index contributed by atoms with van der Waals surface area (Å²) in [7, 11) is 0. The molecule has 0 amide bonds. The van der Waals surface area contributed by atoms with Gasteiger partial charge in [0.1, 0.15) is 5.82 Å². The second-order valence-electron chi connectivity index (χ2n) is 9.22. The van der Waals surface area contributed by atoms with Gasteiger partial charge in [0, 0.05) is 23.7 Å². The second-order valence-corrected chi connectivity index (χ2v) is 9.22. The first-order chi connectivity index (χ1) is 17.5. The molecule has 0 saturated heterocycles. The highest BCUT2D eigenvalue weighted by Gasteiger charge is 2.14. The minimum atomic E-state index is -1.25. The van der Waals surface area contributed by atoms with Crippen LogP contribution in [0.1, 0.15) is 96.6 Å². The van der Waals surface area contributed by atoms with Crippen LogP contribution in [0.2, 0.25) is 0 Å². The third-order valence-electron chi connectivity index (χ3n) is 6.35. The fourth-order valence-corrected chi connectivity index (χ4v) is 4.15. The van der Waals surface area contributed by atoms with Crippen molar-refractivity contribution in [1.82, 2.24) is 5.32 Å². The van der Waals surface area contributed by atoms with Gasteiger partial charge >= 0.3 is 5.97 Å². The average molecular weight is 486 g/mol. The number of rotatable bonds is 12. The normalized spacial score (nSPS) is 11.5. The molecule has 3 aromatic rings. The number of hydrogen-bond donors (Lipinski definition) is 2. The van der Waals surface area contributed by atoms with Crippen molar-refractivity contribution in [3.05, 3.63) is 106 Å². The van der Waals surface area contributed by atoms with Crippen LogP contribution >= 0.6 is 0 Å². The molecule has 0 radical (unpaired) electrons. The number of carbonyl (C=O) groups is 1. The van der Waals surface area contributed by atoms with Crippen LogP contribution in [0, 0.1) is 17.7 Å². The van der Waals surface area contributed by atoms with Gasteiger partial charge < -0.3 is 10.4 Å². The first-order valence-corrected chi connectivity index (χ1v) is 13.0. The minimum Gasteiger partial charge on any atom is -0.478 e. The zero-order valence-corrected chi connectivity index (χ0v) is 21.3. The number of hydrogen-bond acceptors (Lipinski definition) is 2. The quantitative estimate of drug-likeness (QED) is 0.204. The van der Waals surface area contributed by atoms with Crippen molar-refractivity contribution in [2.24, 2.45) is 0 Å². The zero-order valence-electron chi connectivity index (χ0n) is 21.3. The number of benzene rings is 3. The number of carboxylic acid groups (broad SMARTS) is 1. The SMILES string of the molecule is CCCCCC(NCc1ccc(F)c(C(=O)O)c1)c1ccc(C#Cc2ccc(CCCC)cc2)cc1. The van der Waals surface area contributed by atoms with Crippen LogP contribution in [0.4, 0.5) is 4.39 Å². The molecule has 3 nitrogen and oxygen atoms in total. The number of unbranched alkanes of at least 4 members (excludes halogenated alkanes) is 3. The van der Waals surface area contributed by atoms with Crippen molar-refractivity contribution in [2.45, 2.75) is 71.4 Å². The van der Waals surface area contributed by atoms with E-state index in [0.717, 1.165) is 54.4 Å². The van der Waals surface area contributed by atoms with Gasteiger partial charge in [-0.2, -0.15) is 0 Å². The van der Waals surface area contributed by atoms with E-state index in [-0.39, 0.29) is 11.6 Å². The molecular formula is C32H36FNO2. The highest BCUT2D eigenvalue weighted by molar-refractivity contribution is 5.88. The third-order valence-corrected chi connectivity index (χ3v) is 6.35. The summed E-state index contributed by atoms with van der Waals surface area (Å²) in [6.45, 7) is 4.85. The lowest BCUT2D eigenvalue weighted by atomic mass is 9.98. The number of carboxylic acids is 1. The van der Waals surface area contributed by atoms with Crippen LogP contribution in [-0.4, -0.2) is 11.1 Å². The van der Waals surface area contributed by atoms with Gasteiger partial charge in [0.05, 0.1) is 5.56 Å². The van der Waals surface area contributed by atoms with Gasteiger partial charge in [0.2, 0.25) is 0 Å². The lowest BCUT2D eigenvalue weighted by Gasteiger charge is -2.20. The summed E-state index contributed by atoms with van der Waals surface area (Å²) in [5.74, 6) is 4.55. The Labute approximate surface area is 214 Å². The first-order valence-electron chi connectivity index (χ1n) is 13.0. The van der Waals surface area contributed by atoms with Crippen LogP contribution in [0.25, 0.3) is 0 Å². The fraction of sp³-hybridized carbons (Fsp3) is 0.344. The zero-order chi connectivity index (χ0) is 25.8. The van der Waals surface area contributed by atoms with Crippen LogP contribution in [0.15, 0.2) is 66.7 Å². The van der Waals surface area contributed by atoms with Crippen molar-refractivity contribution in [3.63, 3.8) is 0 Å². The molecule has 188 valence electrons. The van der Waals surface area contributed by atoms with Gasteiger partial charge in [-0.25, -0.2) is 9.18 Å². The lowest BCUT2D eigenvalue weighted by molar-refractivity contribution is 0.0691. The molecule has 0 fully saturated rings. The largest absolute Gasteiger partial charge is 0.478 e. The van der Waals surface area contributed by atoms with E-state index in [0.29, 0.717) is 6.54 Å². The molecule has 0 bridgehead atoms. The van der Waals surface area contributed by atoms with E-state index < -0.39 is 11.8 Å². The van der Waals surface area contributed by atoms with Crippen molar-refractivity contribution in [3.8, 4) is 11.8 Å². The highest BCUT2D eigenvalue weighted by atomic mass is 19.1. The Hall–Kier alpha value is -3.42. The van der Waals surface area contributed by atoms with Crippen LogP contribution in [0.3, 0.4) is 0 Å². The van der Waals surface area contributed by atoms with Gasteiger partial charge in [0.25, 0.3) is 0 Å². The summed E-state index contributed by atoms with van der Waals surface area (Å²) in [5, 5.41) is 12.7. The average Bonchev–Trinajstić information content (AvgIpc) is 2.90. The van der Waals surface area contributed by atoms with Crippen molar-refractivity contribution < 1.29 is 14.3 Å². The molecule has 36 heavy (non-hydrogen) atoms. The molecular weight excluding hydrogens is 449 g/mol. The van der Waals surface area contributed by atoms with E-state index in [2.05, 4.69) is 67.4 Å². The standard InChI is InChI=1S/C32H36FNO2/c1-3-5-7-9-31(34-23-27-18-21-30(33)29(22-27)32(35)36)28-19-16-26(17-20-28)15-14-25-12-10-24(11-13-25)8-6-4-2/h10-13,16-22,31,34H,3-9,23H2,1-2H3,(H,35,36). The van der Waals surface area contributed by atoms with E-state index >= 15 is 0 Å². The Morgan fingerprint density at radius 3 is 2.08 bits per heavy atom. The lowest BCUT2D eigenvalue weighted by Crippen LogP contribution is -2.21. The molecule has 3 aromatic carbocycles. The van der Waals surface area contributed by atoms with E-state index in [1.807, 2.05) is 12.1 Å². The molecule has 0 aromatic heterocycles. The molecule has 3 rings (SSSR count). The van der Waals surface area contributed by atoms with Crippen molar-refractivity contribution in [2.75, 3.05) is 0 Å². The maximum atomic E-state index is 13.7. The van der Waals surface area contributed by atoms with Crippen LogP contribution in [0.5, 0.6) is 0 Å². The van der Waals surface area contributed by atoms with Crippen molar-refractivity contribution >= 4 is 5.97 Å². The molecule has 1 unspecified atom stereocenters. The third kappa shape index (κ3) is 8.36. The number of halogens is 1. The molecule has 0 aliphatic rings. The number of aryl methyl sites for hydroxylation is 1. The Balaban J connectivity index is 1.68. The molecule has 1 atom stereocenters.